The first-order chi connectivity index (χ1) is 6.66. The summed E-state index contributed by atoms with van der Waals surface area (Å²) in [7, 11) is 0. The molecule has 1 fully saturated rings. The molecule has 1 aliphatic carbocycles. The molecule has 1 heterocycles. The van der Waals surface area contributed by atoms with Crippen LogP contribution in [0.1, 0.15) is 31.2 Å². The molecule has 2 unspecified atom stereocenters. The molecule has 0 amide bonds. The van der Waals surface area contributed by atoms with Crippen LogP contribution in [0.5, 0.6) is 0 Å². The molecular weight excluding hydrogens is 174 g/mol. The molecule has 1 N–H and O–H groups in total. The van der Waals surface area contributed by atoms with Crippen LogP contribution in [0, 0.1) is 19.8 Å². The molecule has 1 aromatic rings. The molecule has 14 heavy (non-hydrogen) atoms. The van der Waals surface area contributed by atoms with Crippen molar-refractivity contribution in [1.29, 1.82) is 0 Å². The van der Waals surface area contributed by atoms with Gasteiger partial charge in [-0.3, -0.25) is 4.98 Å². The minimum Gasteiger partial charge on any atom is -0.366 e. The lowest BCUT2D eigenvalue weighted by Crippen LogP contribution is -2.36. The highest BCUT2D eigenvalue weighted by atomic mass is 15.0. The van der Waals surface area contributed by atoms with Gasteiger partial charge >= 0.3 is 0 Å². The first kappa shape index (κ1) is 9.44. The molecule has 2 rings (SSSR count). The monoisotopic (exact) mass is 191 g/mol. The molecule has 76 valence electrons. The van der Waals surface area contributed by atoms with Gasteiger partial charge in [0.05, 0.1) is 17.6 Å². The van der Waals surface area contributed by atoms with E-state index in [0.29, 0.717) is 6.04 Å². The molecule has 1 aromatic heterocycles. The van der Waals surface area contributed by atoms with Crippen molar-refractivity contribution in [3.8, 4) is 0 Å². The maximum absolute atomic E-state index is 4.46. The normalized spacial score (nSPS) is 25.6. The van der Waals surface area contributed by atoms with Crippen molar-refractivity contribution in [2.45, 2.75) is 39.7 Å². The first-order valence-corrected chi connectivity index (χ1v) is 5.23. The van der Waals surface area contributed by atoms with E-state index in [4.69, 9.17) is 0 Å². The van der Waals surface area contributed by atoms with E-state index in [1.807, 2.05) is 20.0 Å². The number of aryl methyl sites for hydroxylation is 2. The van der Waals surface area contributed by atoms with E-state index in [1.165, 1.54) is 12.8 Å². The predicted octanol–water partition coefficient (Wildman–Crippen LogP) is 2.30. The summed E-state index contributed by atoms with van der Waals surface area (Å²) in [5.41, 5.74) is 2.03. The average Bonchev–Trinajstić information content (AvgIpc) is 2.17. The second-order valence-electron chi connectivity index (χ2n) is 4.23. The first-order valence-electron chi connectivity index (χ1n) is 5.23. The van der Waals surface area contributed by atoms with Gasteiger partial charge in [-0.15, -0.1) is 0 Å². The van der Waals surface area contributed by atoms with Crippen LogP contribution in [-0.2, 0) is 0 Å². The van der Waals surface area contributed by atoms with Crippen molar-refractivity contribution in [2.24, 2.45) is 5.92 Å². The fourth-order valence-electron chi connectivity index (χ4n) is 1.68. The van der Waals surface area contributed by atoms with Crippen molar-refractivity contribution in [1.82, 2.24) is 9.97 Å². The van der Waals surface area contributed by atoms with Crippen molar-refractivity contribution in [2.75, 3.05) is 5.32 Å². The minimum atomic E-state index is 0.603. The van der Waals surface area contributed by atoms with Crippen molar-refractivity contribution >= 4 is 5.82 Å². The Bertz CT molecular complexity index is 335. The molecule has 1 saturated carbocycles. The van der Waals surface area contributed by atoms with Gasteiger partial charge in [0.2, 0.25) is 0 Å². The maximum atomic E-state index is 4.46. The molecule has 0 bridgehead atoms. The maximum Gasteiger partial charge on any atom is 0.145 e. The molecule has 2 atom stereocenters. The highest BCUT2D eigenvalue weighted by molar-refractivity contribution is 5.35. The molecule has 0 aliphatic heterocycles. The zero-order valence-corrected chi connectivity index (χ0v) is 9.04. The van der Waals surface area contributed by atoms with Crippen LogP contribution in [-0.4, -0.2) is 16.0 Å². The summed E-state index contributed by atoms with van der Waals surface area (Å²) >= 11 is 0. The highest BCUT2D eigenvalue weighted by Crippen LogP contribution is 2.29. The van der Waals surface area contributed by atoms with E-state index >= 15 is 0 Å². The van der Waals surface area contributed by atoms with Gasteiger partial charge in [0.1, 0.15) is 5.82 Å². The van der Waals surface area contributed by atoms with Crippen molar-refractivity contribution in [3.05, 3.63) is 17.6 Å². The third kappa shape index (κ3) is 1.72. The lowest BCUT2D eigenvalue weighted by molar-refractivity contribution is 0.303. The number of nitrogens with zero attached hydrogens (tertiary/aromatic N) is 2. The van der Waals surface area contributed by atoms with Gasteiger partial charge in [0.25, 0.3) is 0 Å². The van der Waals surface area contributed by atoms with Gasteiger partial charge in [0.15, 0.2) is 0 Å². The third-order valence-electron chi connectivity index (χ3n) is 3.15. The summed E-state index contributed by atoms with van der Waals surface area (Å²) < 4.78 is 0. The summed E-state index contributed by atoms with van der Waals surface area (Å²) in [5.74, 6) is 1.70. The van der Waals surface area contributed by atoms with Gasteiger partial charge in [-0.1, -0.05) is 6.92 Å². The van der Waals surface area contributed by atoms with E-state index in [2.05, 4.69) is 22.2 Å². The Morgan fingerprint density at radius 2 is 2.07 bits per heavy atom. The Morgan fingerprint density at radius 3 is 2.57 bits per heavy atom. The largest absolute Gasteiger partial charge is 0.366 e. The predicted molar refractivity (Wildman–Crippen MR) is 57.3 cm³/mol. The van der Waals surface area contributed by atoms with Crippen LogP contribution >= 0.6 is 0 Å². The van der Waals surface area contributed by atoms with Crippen LogP contribution in [0.3, 0.4) is 0 Å². The number of aromatic nitrogens is 2. The number of hydrogen-bond acceptors (Lipinski definition) is 3. The second kappa shape index (κ2) is 3.56. The molecule has 3 heteroatoms. The molecular formula is C11H17N3. The molecule has 1 aliphatic rings. The molecule has 0 spiro atoms. The lowest BCUT2D eigenvalue weighted by atomic mass is 9.81. The van der Waals surface area contributed by atoms with Gasteiger partial charge in [-0.2, -0.15) is 0 Å². The minimum absolute atomic E-state index is 0.603. The summed E-state index contributed by atoms with van der Waals surface area (Å²) in [6.45, 7) is 6.26. The smallest absolute Gasteiger partial charge is 0.145 e. The fraction of sp³-hybridized carbons (Fsp3) is 0.636. The molecule has 0 radical (unpaired) electrons. The van der Waals surface area contributed by atoms with Gasteiger partial charge in [0, 0.05) is 6.04 Å². The van der Waals surface area contributed by atoms with Crippen LogP contribution in [0.25, 0.3) is 0 Å². The van der Waals surface area contributed by atoms with E-state index in [9.17, 15) is 0 Å². The zero-order chi connectivity index (χ0) is 10.1. The molecule has 0 aromatic carbocycles. The van der Waals surface area contributed by atoms with Crippen LogP contribution in [0.15, 0.2) is 6.20 Å². The Hall–Kier alpha value is -1.12. The van der Waals surface area contributed by atoms with Gasteiger partial charge in [-0.25, -0.2) is 4.98 Å². The Labute approximate surface area is 85.0 Å². The second-order valence-corrected chi connectivity index (χ2v) is 4.23. The standard InChI is InChI=1S/C11H17N3/c1-7-4-5-10(7)14-11-6-12-8(2)9(3)13-11/h6-7,10H,4-5H2,1-3H3,(H,13,14). The summed E-state index contributed by atoms with van der Waals surface area (Å²) in [4.78, 5) is 8.75. The van der Waals surface area contributed by atoms with Crippen molar-refractivity contribution in [3.63, 3.8) is 0 Å². The Balaban J connectivity index is 2.06. The number of hydrogen-bond donors (Lipinski definition) is 1. The third-order valence-corrected chi connectivity index (χ3v) is 3.15. The van der Waals surface area contributed by atoms with E-state index in [0.717, 1.165) is 23.1 Å². The SMILES string of the molecule is Cc1ncc(NC2CCC2C)nc1C. The van der Waals surface area contributed by atoms with Gasteiger partial charge in [-0.05, 0) is 32.6 Å². The Morgan fingerprint density at radius 1 is 1.29 bits per heavy atom. The molecule has 3 nitrogen and oxygen atoms in total. The number of rotatable bonds is 2. The van der Waals surface area contributed by atoms with Gasteiger partial charge < -0.3 is 5.32 Å². The van der Waals surface area contributed by atoms with Crippen LogP contribution in [0.4, 0.5) is 5.82 Å². The highest BCUT2D eigenvalue weighted by Gasteiger charge is 2.26. The average molecular weight is 191 g/mol. The summed E-state index contributed by atoms with van der Waals surface area (Å²) in [6, 6.07) is 0.603. The fourth-order valence-corrected chi connectivity index (χ4v) is 1.68. The zero-order valence-electron chi connectivity index (χ0n) is 9.04. The van der Waals surface area contributed by atoms with Crippen LogP contribution in [0.2, 0.25) is 0 Å². The number of anilines is 1. The van der Waals surface area contributed by atoms with Crippen LogP contribution < -0.4 is 5.32 Å². The van der Waals surface area contributed by atoms with Crippen molar-refractivity contribution < 1.29 is 0 Å². The topological polar surface area (TPSA) is 37.8 Å². The summed E-state index contributed by atoms with van der Waals surface area (Å²) in [6.07, 6.45) is 4.42. The van der Waals surface area contributed by atoms with E-state index < -0.39 is 0 Å². The quantitative estimate of drug-likeness (QED) is 0.779. The molecule has 0 saturated heterocycles. The number of nitrogens with one attached hydrogen (secondary N) is 1. The van der Waals surface area contributed by atoms with E-state index in [1.54, 1.807) is 0 Å². The Kier molecular flexibility index (Phi) is 2.40. The van der Waals surface area contributed by atoms with E-state index in [-0.39, 0.29) is 0 Å². The lowest BCUT2D eigenvalue weighted by Gasteiger charge is -2.34. The summed E-state index contributed by atoms with van der Waals surface area (Å²) in [5, 5.41) is 3.42.